The first-order valence-electron chi connectivity index (χ1n) is 8.65. The molecule has 1 amide bonds. The fourth-order valence-electron chi connectivity index (χ4n) is 3.02. The minimum atomic E-state index is -3.57. The van der Waals surface area contributed by atoms with E-state index in [-0.39, 0.29) is 29.0 Å². The number of fused-ring (bicyclic) bond motifs is 1. The maximum absolute atomic E-state index is 12.7. The second-order valence-corrected chi connectivity index (χ2v) is 11.2. The number of piperazine rings is 1. The van der Waals surface area contributed by atoms with E-state index in [4.69, 9.17) is 11.6 Å². The zero-order valence-corrected chi connectivity index (χ0v) is 18.6. The summed E-state index contributed by atoms with van der Waals surface area (Å²) in [5, 5.41) is 5.67. The van der Waals surface area contributed by atoms with Crippen molar-refractivity contribution >= 4 is 61.7 Å². The van der Waals surface area contributed by atoms with Crippen LogP contribution in [-0.2, 0) is 21.9 Å². The lowest BCUT2D eigenvalue weighted by Gasteiger charge is -2.33. The highest BCUT2D eigenvalue weighted by atomic mass is 35.5. The van der Waals surface area contributed by atoms with Crippen molar-refractivity contribution in [1.82, 2.24) is 29.0 Å². The normalized spacial score (nSPS) is 15.9. The average molecular weight is 473 g/mol. The molecule has 0 saturated carbocycles. The molecule has 4 rings (SSSR count). The molecule has 29 heavy (non-hydrogen) atoms. The molecule has 13 heteroatoms. The van der Waals surface area contributed by atoms with Crippen LogP contribution < -0.4 is 0 Å². The Labute approximate surface area is 180 Å². The molecule has 0 aromatic carbocycles. The molecule has 3 aromatic heterocycles. The lowest BCUT2D eigenvalue weighted by atomic mass is 10.3. The number of thioether (sulfide) groups is 1. The number of sulfonamides is 1. The Morgan fingerprint density at radius 3 is 2.69 bits per heavy atom. The van der Waals surface area contributed by atoms with Crippen molar-refractivity contribution in [2.45, 2.75) is 9.24 Å². The van der Waals surface area contributed by atoms with Crippen LogP contribution >= 0.6 is 34.7 Å². The number of rotatable bonds is 5. The van der Waals surface area contributed by atoms with Gasteiger partial charge in [-0.1, -0.05) is 23.4 Å². The number of hydrogen-bond acceptors (Lipinski definition) is 8. The molecule has 0 N–H and O–H groups in total. The summed E-state index contributed by atoms with van der Waals surface area (Å²) in [6.45, 7) is 1.22. The van der Waals surface area contributed by atoms with Crippen LogP contribution in [0.15, 0.2) is 33.9 Å². The van der Waals surface area contributed by atoms with Gasteiger partial charge in [-0.15, -0.1) is 11.3 Å². The van der Waals surface area contributed by atoms with Crippen LogP contribution in [0.5, 0.6) is 0 Å². The van der Waals surface area contributed by atoms with Crippen LogP contribution in [0.1, 0.15) is 0 Å². The number of amides is 1. The summed E-state index contributed by atoms with van der Waals surface area (Å²) in [5.74, 6) is 0.163. The van der Waals surface area contributed by atoms with Gasteiger partial charge in [-0.3, -0.25) is 9.48 Å². The van der Waals surface area contributed by atoms with E-state index in [0.717, 1.165) is 16.7 Å². The number of thiophene rings is 1. The van der Waals surface area contributed by atoms with Gasteiger partial charge >= 0.3 is 0 Å². The predicted molar refractivity (Wildman–Crippen MR) is 112 cm³/mol. The zero-order valence-electron chi connectivity index (χ0n) is 15.4. The Morgan fingerprint density at radius 1 is 1.24 bits per heavy atom. The molecule has 0 atom stereocenters. The van der Waals surface area contributed by atoms with Crippen LogP contribution in [0, 0.1) is 0 Å². The second-order valence-electron chi connectivity index (χ2n) is 6.32. The zero-order chi connectivity index (χ0) is 20.6. The highest BCUT2D eigenvalue weighted by Gasteiger charge is 2.31. The molecule has 0 bridgehead atoms. The average Bonchev–Trinajstić information content (AvgIpc) is 3.33. The summed E-state index contributed by atoms with van der Waals surface area (Å²) in [6, 6.07) is 3.08. The highest BCUT2D eigenvalue weighted by Crippen LogP contribution is 2.29. The fourth-order valence-corrected chi connectivity index (χ4v) is 6.94. The van der Waals surface area contributed by atoms with Gasteiger partial charge in [0.25, 0.3) is 10.0 Å². The van der Waals surface area contributed by atoms with Crippen molar-refractivity contribution in [1.29, 1.82) is 0 Å². The first kappa shape index (κ1) is 20.5. The first-order valence-corrected chi connectivity index (χ1v) is 12.3. The quantitative estimate of drug-likeness (QED) is 0.411. The van der Waals surface area contributed by atoms with Crippen molar-refractivity contribution in [3.8, 4) is 0 Å². The van der Waals surface area contributed by atoms with E-state index in [1.165, 1.54) is 28.5 Å². The minimum Gasteiger partial charge on any atom is -0.339 e. The van der Waals surface area contributed by atoms with Crippen molar-refractivity contribution in [2.75, 3.05) is 31.9 Å². The maximum atomic E-state index is 12.7. The van der Waals surface area contributed by atoms with E-state index >= 15 is 0 Å². The smallest absolute Gasteiger partial charge is 0.252 e. The fraction of sp³-hybridized carbons (Fsp3) is 0.375. The highest BCUT2D eigenvalue weighted by molar-refractivity contribution is 8.00. The van der Waals surface area contributed by atoms with Crippen LogP contribution in [0.4, 0.5) is 0 Å². The third-order valence-corrected chi connectivity index (χ3v) is 9.15. The van der Waals surface area contributed by atoms with Crippen LogP contribution in [-0.4, -0.2) is 75.2 Å². The van der Waals surface area contributed by atoms with Gasteiger partial charge in [0.15, 0.2) is 5.65 Å². The van der Waals surface area contributed by atoms with Crippen molar-refractivity contribution in [2.24, 2.45) is 7.05 Å². The van der Waals surface area contributed by atoms with E-state index < -0.39 is 10.0 Å². The second kappa shape index (κ2) is 8.19. The molecule has 0 spiro atoms. The summed E-state index contributed by atoms with van der Waals surface area (Å²) in [7, 11) is -1.77. The lowest BCUT2D eigenvalue weighted by Crippen LogP contribution is -2.50. The summed E-state index contributed by atoms with van der Waals surface area (Å²) < 4.78 is 29.0. The van der Waals surface area contributed by atoms with Gasteiger partial charge in [0, 0.05) is 33.2 Å². The molecule has 1 saturated heterocycles. The number of aromatic nitrogens is 4. The molecule has 1 aliphatic heterocycles. The Hall–Kier alpha value is -1.73. The SMILES string of the molecule is Cn1ncc2c(SCC(=O)N3CCN(S(=O)(=O)c4ccc(Cl)s4)CC3)ncnc21. The largest absolute Gasteiger partial charge is 0.339 e. The Balaban J connectivity index is 1.35. The van der Waals surface area contributed by atoms with Crippen LogP contribution in [0.25, 0.3) is 11.0 Å². The van der Waals surface area contributed by atoms with Crippen LogP contribution in [0.2, 0.25) is 4.34 Å². The Bertz CT molecular complexity index is 1150. The summed E-state index contributed by atoms with van der Waals surface area (Å²) in [6.07, 6.45) is 3.14. The molecule has 0 aliphatic carbocycles. The number of hydrogen-bond donors (Lipinski definition) is 0. The minimum absolute atomic E-state index is 0.0538. The molecule has 0 radical (unpaired) electrons. The third kappa shape index (κ3) is 4.12. The monoisotopic (exact) mass is 472 g/mol. The van der Waals surface area contributed by atoms with Crippen molar-refractivity contribution in [3.05, 3.63) is 29.0 Å². The molecule has 0 unspecified atom stereocenters. The molecule has 154 valence electrons. The number of carbonyl (C=O) groups excluding carboxylic acids is 1. The van der Waals surface area contributed by atoms with Gasteiger partial charge in [0.05, 0.1) is 21.7 Å². The maximum Gasteiger partial charge on any atom is 0.252 e. The Kier molecular flexibility index (Phi) is 5.80. The lowest BCUT2D eigenvalue weighted by molar-refractivity contribution is -0.129. The topological polar surface area (TPSA) is 101 Å². The van der Waals surface area contributed by atoms with Gasteiger partial charge in [-0.25, -0.2) is 18.4 Å². The van der Waals surface area contributed by atoms with Crippen LogP contribution in [0.3, 0.4) is 0 Å². The third-order valence-electron chi connectivity index (χ3n) is 4.56. The standard InChI is InChI=1S/C16H17ClN6O3S3/c1-21-15-11(8-20-21)16(19-10-18-15)27-9-13(24)22-4-6-23(7-5-22)29(25,26)14-3-2-12(17)28-14/h2-3,8,10H,4-7,9H2,1H3. The van der Waals surface area contributed by atoms with Gasteiger partial charge in [0.1, 0.15) is 15.6 Å². The first-order chi connectivity index (χ1) is 13.9. The summed E-state index contributed by atoms with van der Waals surface area (Å²) in [4.78, 5) is 22.7. The van der Waals surface area contributed by atoms with E-state index in [0.29, 0.717) is 28.1 Å². The number of halogens is 1. The molecule has 1 fully saturated rings. The summed E-state index contributed by atoms with van der Waals surface area (Å²) >= 11 is 8.23. The molecular weight excluding hydrogens is 456 g/mol. The van der Waals surface area contributed by atoms with Gasteiger partial charge in [-0.05, 0) is 12.1 Å². The predicted octanol–water partition coefficient (Wildman–Crippen LogP) is 1.70. The molecule has 9 nitrogen and oxygen atoms in total. The van der Waals surface area contributed by atoms with Gasteiger partial charge in [-0.2, -0.15) is 9.40 Å². The Morgan fingerprint density at radius 2 is 2.00 bits per heavy atom. The van der Waals surface area contributed by atoms with E-state index in [9.17, 15) is 13.2 Å². The molecule has 4 heterocycles. The molecule has 3 aromatic rings. The van der Waals surface area contributed by atoms with Gasteiger partial charge < -0.3 is 4.90 Å². The summed E-state index contributed by atoms with van der Waals surface area (Å²) in [5.41, 5.74) is 0.711. The number of aryl methyl sites for hydroxylation is 1. The number of nitrogens with zero attached hydrogens (tertiary/aromatic N) is 6. The van der Waals surface area contributed by atoms with Crippen molar-refractivity contribution in [3.63, 3.8) is 0 Å². The van der Waals surface area contributed by atoms with E-state index in [2.05, 4.69) is 15.1 Å². The van der Waals surface area contributed by atoms with Crippen molar-refractivity contribution < 1.29 is 13.2 Å². The molecule has 1 aliphatic rings. The number of carbonyl (C=O) groups is 1. The molecular formula is C16H17ClN6O3S3. The van der Waals surface area contributed by atoms with Gasteiger partial charge in [0.2, 0.25) is 5.91 Å². The van der Waals surface area contributed by atoms with E-state index in [1.807, 2.05) is 0 Å². The van der Waals surface area contributed by atoms with E-state index in [1.54, 1.807) is 28.9 Å².